The van der Waals surface area contributed by atoms with Crippen molar-refractivity contribution in [3.8, 4) is 11.1 Å². The Balaban J connectivity index is 1.77. The number of benzene rings is 2. The van der Waals surface area contributed by atoms with Crippen LogP contribution in [0.1, 0.15) is 18.1 Å². The van der Waals surface area contributed by atoms with Gasteiger partial charge in [0.15, 0.2) is 0 Å². The van der Waals surface area contributed by atoms with Gasteiger partial charge in [-0.15, -0.1) is 11.3 Å². The van der Waals surface area contributed by atoms with E-state index in [4.69, 9.17) is 0 Å². The number of nitrogens with one attached hydrogen (secondary N) is 2. The molecule has 0 aliphatic carbocycles. The van der Waals surface area contributed by atoms with Gasteiger partial charge in [-0.05, 0) is 48.7 Å². The van der Waals surface area contributed by atoms with Crippen LogP contribution in [-0.2, 0) is 4.79 Å². The molecule has 2 aromatic heterocycles. The average Bonchev–Trinajstić information content (AvgIpc) is 3.09. The highest BCUT2D eigenvalue weighted by molar-refractivity contribution is 7.17. The van der Waals surface area contributed by atoms with Crippen LogP contribution in [0.15, 0.2) is 54.2 Å². The van der Waals surface area contributed by atoms with Crippen molar-refractivity contribution in [3.05, 3.63) is 65.3 Å². The smallest absolute Gasteiger partial charge is 0.221 e. The molecule has 4 aromatic rings. The van der Waals surface area contributed by atoms with Gasteiger partial charge in [-0.25, -0.2) is 9.97 Å². The van der Waals surface area contributed by atoms with Crippen molar-refractivity contribution in [2.24, 2.45) is 0 Å². The third-order valence-electron chi connectivity index (χ3n) is 4.63. The second kappa shape index (κ2) is 7.40. The van der Waals surface area contributed by atoms with Gasteiger partial charge in [0.25, 0.3) is 0 Å². The number of hydrogen-bond acceptors (Lipinski definition) is 5. The van der Waals surface area contributed by atoms with Crippen LogP contribution in [0, 0.1) is 13.8 Å². The monoisotopic (exact) mass is 388 g/mol. The number of amides is 1. The molecule has 0 saturated carbocycles. The number of rotatable bonds is 4. The van der Waals surface area contributed by atoms with Crippen molar-refractivity contribution < 1.29 is 4.79 Å². The molecule has 5 nitrogen and oxygen atoms in total. The fourth-order valence-corrected chi connectivity index (χ4v) is 4.02. The van der Waals surface area contributed by atoms with Crippen LogP contribution in [0.25, 0.3) is 21.3 Å². The summed E-state index contributed by atoms with van der Waals surface area (Å²) in [5.41, 5.74) is 6.38. The zero-order valence-electron chi connectivity index (χ0n) is 15.9. The van der Waals surface area contributed by atoms with Crippen LogP contribution in [-0.4, -0.2) is 15.9 Å². The maximum atomic E-state index is 11.3. The van der Waals surface area contributed by atoms with E-state index in [1.807, 2.05) is 24.3 Å². The lowest BCUT2D eigenvalue weighted by Gasteiger charge is -2.11. The van der Waals surface area contributed by atoms with Crippen molar-refractivity contribution in [2.75, 3.05) is 10.6 Å². The summed E-state index contributed by atoms with van der Waals surface area (Å²) in [6.07, 6.45) is 1.57. The van der Waals surface area contributed by atoms with E-state index < -0.39 is 0 Å². The Labute approximate surface area is 167 Å². The molecule has 140 valence electrons. The third-order valence-corrected chi connectivity index (χ3v) is 5.52. The Morgan fingerprint density at radius 2 is 1.82 bits per heavy atom. The number of fused-ring (bicyclic) bond motifs is 1. The molecule has 0 bridgehead atoms. The van der Waals surface area contributed by atoms with Crippen molar-refractivity contribution in [1.29, 1.82) is 0 Å². The van der Waals surface area contributed by atoms with E-state index in [1.54, 1.807) is 17.7 Å². The molecule has 0 saturated heterocycles. The van der Waals surface area contributed by atoms with Gasteiger partial charge in [0.05, 0.1) is 5.39 Å². The Morgan fingerprint density at radius 3 is 2.61 bits per heavy atom. The van der Waals surface area contributed by atoms with Gasteiger partial charge in [0.1, 0.15) is 17.0 Å². The lowest BCUT2D eigenvalue weighted by atomic mass is 10.0. The maximum Gasteiger partial charge on any atom is 0.221 e. The van der Waals surface area contributed by atoms with Gasteiger partial charge >= 0.3 is 0 Å². The summed E-state index contributed by atoms with van der Waals surface area (Å²) in [7, 11) is 0. The topological polar surface area (TPSA) is 66.9 Å². The molecule has 1 amide bonds. The summed E-state index contributed by atoms with van der Waals surface area (Å²) < 4.78 is 0. The summed E-state index contributed by atoms with van der Waals surface area (Å²) in [6, 6.07) is 14.1. The minimum absolute atomic E-state index is 0.101. The predicted octanol–water partition coefficient (Wildman–Crippen LogP) is 5.68. The zero-order chi connectivity index (χ0) is 19.7. The van der Waals surface area contributed by atoms with Gasteiger partial charge in [-0.1, -0.05) is 24.3 Å². The van der Waals surface area contributed by atoms with E-state index in [1.165, 1.54) is 18.1 Å². The SMILES string of the molecule is CC(=O)Nc1cccc(Nc2ncnc3scc(-c4ccc(C)c(C)c4)c23)c1. The molecule has 2 aromatic carbocycles. The molecule has 0 unspecified atom stereocenters. The van der Waals surface area contributed by atoms with E-state index in [2.05, 4.69) is 58.0 Å². The zero-order valence-corrected chi connectivity index (χ0v) is 16.7. The molecule has 0 atom stereocenters. The second-order valence-corrected chi connectivity index (χ2v) is 7.60. The largest absolute Gasteiger partial charge is 0.340 e. The number of hydrogen-bond donors (Lipinski definition) is 2. The van der Waals surface area contributed by atoms with Crippen molar-refractivity contribution in [3.63, 3.8) is 0 Å². The summed E-state index contributed by atoms with van der Waals surface area (Å²) >= 11 is 1.61. The van der Waals surface area contributed by atoms with Gasteiger partial charge < -0.3 is 10.6 Å². The van der Waals surface area contributed by atoms with E-state index >= 15 is 0 Å². The predicted molar refractivity (Wildman–Crippen MR) is 116 cm³/mol. The number of aryl methyl sites for hydroxylation is 2. The molecule has 0 fully saturated rings. The van der Waals surface area contributed by atoms with E-state index in [0.717, 1.165) is 38.5 Å². The van der Waals surface area contributed by atoms with Crippen LogP contribution in [0.5, 0.6) is 0 Å². The lowest BCUT2D eigenvalue weighted by molar-refractivity contribution is -0.114. The van der Waals surface area contributed by atoms with Crippen molar-refractivity contribution >= 4 is 44.7 Å². The van der Waals surface area contributed by atoms with E-state index in [9.17, 15) is 4.79 Å². The first-order valence-corrected chi connectivity index (χ1v) is 9.84. The Hall–Kier alpha value is -3.25. The number of carbonyl (C=O) groups is 1. The second-order valence-electron chi connectivity index (χ2n) is 6.74. The number of aromatic nitrogens is 2. The minimum Gasteiger partial charge on any atom is -0.340 e. The standard InChI is InChI=1S/C22H20N4OS/c1-13-7-8-16(9-14(13)2)19-11-28-22-20(19)21(23-12-24-22)26-18-6-4-5-17(10-18)25-15(3)27/h4-12H,1-3H3,(H,25,27)(H,23,24,26). The highest BCUT2D eigenvalue weighted by Crippen LogP contribution is 2.38. The summed E-state index contributed by atoms with van der Waals surface area (Å²) in [5, 5.41) is 9.32. The molecule has 0 spiro atoms. The minimum atomic E-state index is -0.101. The summed E-state index contributed by atoms with van der Waals surface area (Å²) in [6.45, 7) is 5.73. The molecule has 4 rings (SSSR count). The molecule has 0 aliphatic heterocycles. The van der Waals surface area contributed by atoms with E-state index in [0.29, 0.717) is 0 Å². The van der Waals surface area contributed by atoms with Crippen molar-refractivity contribution in [2.45, 2.75) is 20.8 Å². The number of thiophene rings is 1. The van der Waals surface area contributed by atoms with Crippen LogP contribution < -0.4 is 10.6 Å². The molecule has 2 N–H and O–H groups in total. The summed E-state index contributed by atoms with van der Waals surface area (Å²) in [4.78, 5) is 21.2. The van der Waals surface area contributed by atoms with Gasteiger partial charge in [-0.2, -0.15) is 0 Å². The van der Waals surface area contributed by atoms with Gasteiger partial charge in [-0.3, -0.25) is 4.79 Å². The molecule has 0 radical (unpaired) electrons. The normalized spacial score (nSPS) is 10.8. The maximum absolute atomic E-state index is 11.3. The molecular weight excluding hydrogens is 368 g/mol. The molecule has 0 aliphatic rings. The van der Waals surface area contributed by atoms with Gasteiger partial charge in [0.2, 0.25) is 5.91 Å². The Morgan fingerprint density at radius 1 is 1.00 bits per heavy atom. The first kappa shape index (κ1) is 18.1. The molecule has 28 heavy (non-hydrogen) atoms. The number of anilines is 3. The number of nitrogens with zero attached hydrogens (tertiary/aromatic N) is 2. The van der Waals surface area contributed by atoms with Crippen LogP contribution in [0.3, 0.4) is 0 Å². The number of carbonyl (C=O) groups excluding carboxylic acids is 1. The van der Waals surface area contributed by atoms with Crippen LogP contribution in [0.4, 0.5) is 17.2 Å². The highest BCUT2D eigenvalue weighted by atomic mass is 32.1. The molecule has 2 heterocycles. The fourth-order valence-electron chi connectivity index (χ4n) is 3.11. The quantitative estimate of drug-likeness (QED) is 0.472. The van der Waals surface area contributed by atoms with Gasteiger partial charge in [0, 0.05) is 29.2 Å². The van der Waals surface area contributed by atoms with Crippen LogP contribution in [0.2, 0.25) is 0 Å². The first-order valence-electron chi connectivity index (χ1n) is 8.96. The molecular formula is C22H20N4OS. The Bertz CT molecular complexity index is 1180. The Kier molecular flexibility index (Phi) is 4.79. The third kappa shape index (κ3) is 3.59. The average molecular weight is 388 g/mol. The van der Waals surface area contributed by atoms with Crippen LogP contribution >= 0.6 is 11.3 Å². The highest BCUT2D eigenvalue weighted by Gasteiger charge is 2.14. The van der Waals surface area contributed by atoms with Crippen molar-refractivity contribution in [1.82, 2.24) is 9.97 Å². The summed E-state index contributed by atoms with van der Waals surface area (Å²) in [5.74, 6) is 0.649. The fraction of sp³-hybridized carbons (Fsp3) is 0.136. The first-order chi connectivity index (χ1) is 13.5. The van der Waals surface area contributed by atoms with E-state index in [-0.39, 0.29) is 5.91 Å². The lowest BCUT2D eigenvalue weighted by Crippen LogP contribution is -2.05. The molecule has 6 heteroatoms.